The summed E-state index contributed by atoms with van der Waals surface area (Å²) < 4.78 is 17.0. The van der Waals surface area contributed by atoms with Crippen LogP contribution in [0.2, 0.25) is 0 Å². The van der Waals surface area contributed by atoms with Gasteiger partial charge in [-0.15, -0.1) is 0 Å². The van der Waals surface area contributed by atoms with E-state index in [1.54, 1.807) is 7.11 Å². The van der Waals surface area contributed by atoms with Crippen molar-refractivity contribution in [1.82, 2.24) is 5.32 Å². The van der Waals surface area contributed by atoms with E-state index in [2.05, 4.69) is 17.4 Å². The zero-order valence-corrected chi connectivity index (χ0v) is 12.1. The summed E-state index contributed by atoms with van der Waals surface area (Å²) in [6.07, 6.45) is 4.70. The van der Waals surface area contributed by atoms with Crippen molar-refractivity contribution in [1.29, 1.82) is 0 Å². The lowest BCUT2D eigenvalue weighted by molar-refractivity contribution is 0.00643. The zero-order chi connectivity index (χ0) is 13.8. The summed E-state index contributed by atoms with van der Waals surface area (Å²) in [6, 6.07) is 6.73. The van der Waals surface area contributed by atoms with Gasteiger partial charge in [0.2, 0.25) is 0 Å². The zero-order valence-electron chi connectivity index (χ0n) is 12.1. The first-order valence-corrected chi connectivity index (χ1v) is 7.52. The first kappa shape index (κ1) is 13.7. The van der Waals surface area contributed by atoms with Crippen LogP contribution in [0.5, 0.6) is 11.5 Å². The molecule has 4 nitrogen and oxygen atoms in total. The Labute approximate surface area is 120 Å². The molecule has 0 aliphatic carbocycles. The lowest BCUT2D eigenvalue weighted by Gasteiger charge is -2.24. The standard InChI is InChI=1S/C16H23NO3/c1-18-16-10-12(14-5-2-8-17-14)6-7-15(16)20-13-4-3-9-19-11-13/h6-7,10,13-14,17H,2-5,8-9,11H2,1H3. The van der Waals surface area contributed by atoms with Crippen LogP contribution in [0.3, 0.4) is 0 Å². The minimum atomic E-state index is 0.146. The summed E-state index contributed by atoms with van der Waals surface area (Å²) in [5.74, 6) is 1.64. The predicted octanol–water partition coefficient (Wildman–Crippen LogP) is 2.68. The van der Waals surface area contributed by atoms with Gasteiger partial charge in [-0.2, -0.15) is 0 Å². The van der Waals surface area contributed by atoms with Crippen molar-refractivity contribution in [3.05, 3.63) is 23.8 Å². The highest BCUT2D eigenvalue weighted by Gasteiger charge is 2.20. The average molecular weight is 277 g/mol. The molecule has 20 heavy (non-hydrogen) atoms. The maximum Gasteiger partial charge on any atom is 0.161 e. The van der Waals surface area contributed by atoms with Gasteiger partial charge in [0, 0.05) is 12.6 Å². The monoisotopic (exact) mass is 277 g/mol. The van der Waals surface area contributed by atoms with E-state index >= 15 is 0 Å². The maximum atomic E-state index is 6.02. The Kier molecular flexibility index (Phi) is 4.43. The first-order chi connectivity index (χ1) is 9.86. The molecule has 0 amide bonds. The molecule has 2 fully saturated rings. The highest BCUT2D eigenvalue weighted by Crippen LogP contribution is 2.34. The van der Waals surface area contributed by atoms with Gasteiger partial charge in [-0.3, -0.25) is 0 Å². The molecule has 1 aromatic carbocycles. The first-order valence-electron chi connectivity index (χ1n) is 7.52. The molecule has 3 rings (SSSR count). The third kappa shape index (κ3) is 3.07. The van der Waals surface area contributed by atoms with Gasteiger partial charge in [0.1, 0.15) is 6.10 Å². The second-order valence-electron chi connectivity index (χ2n) is 5.52. The summed E-state index contributed by atoms with van der Waals surface area (Å²) in [5.41, 5.74) is 1.28. The van der Waals surface area contributed by atoms with Crippen LogP contribution in [-0.4, -0.2) is 33.0 Å². The lowest BCUT2D eigenvalue weighted by atomic mass is 10.0. The Morgan fingerprint density at radius 1 is 1.20 bits per heavy atom. The summed E-state index contributed by atoms with van der Waals surface area (Å²) in [6.45, 7) is 2.63. The topological polar surface area (TPSA) is 39.7 Å². The van der Waals surface area contributed by atoms with E-state index in [1.807, 2.05) is 6.07 Å². The Morgan fingerprint density at radius 3 is 2.85 bits per heavy atom. The third-order valence-corrected chi connectivity index (χ3v) is 4.06. The van der Waals surface area contributed by atoms with E-state index in [0.29, 0.717) is 12.6 Å². The Bertz CT molecular complexity index is 437. The Morgan fingerprint density at radius 2 is 2.15 bits per heavy atom. The number of methoxy groups -OCH3 is 1. The van der Waals surface area contributed by atoms with Gasteiger partial charge in [0.05, 0.1) is 13.7 Å². The van der Waals surface area contributed by atoms with E-state index in [4.69, 9.17) is 14.2 Å². The second kappa shape index (κ2) is 6.46. The van der Waals surface area contributed by atoms with Crippen molar-refractivity contribution in [2.75, 3.05) is 26.9 Å². The number of hydrogen-bond donors (Lipinski definition) is 1. The molecular weight excluding hydrogens is 254 g/mol. The van der Waals surface area contributed by atoms with Crippen LogP contribution in [0, 0.1) is 0 Å². The molecule has 1 N–H and O–H groups in total. The molecule has 110 valence electrons. The van der Waals surface area contributed by atoms with Gasteiger partial charge < -0.3 is 19.5 Å². The minimum absolute atomic E-state index is 0.146. The van der Waals surface area contributed by atoms with Crippen molar-refractivity contribution in [2.45, 2.75) is 37.8 Å². The largest absolute Gasteiger partial charge is 0.493 e. The fourth-order valence-corrected chi connectivity index (χ4v) is 2.95. The van der Waals surface area contributed by atoms with Crippen molar-refractivity contribution in [3.8, 4) is 11.5 Å². The average Bonchev–Trinajstić information content (AvgIpc) is 3.03. The molecule has 2 saturated heterocycles. The molecule has 2 heterocycles. The van der Waals surface area contributed by atoms with E-state index in [0.717, 1.165) is 37.5 Å². The van der Waals surface area contributed by atoms with Gasteiger partial charge in [-0.05, 0) is 49.9 Å². The van der Waals surface area contributed by atoms with Crippen molar-refractivity contribution in [2.24, 2.45) is 0 Å². The smallest absolute Gasteiger partial charge is 0.161 e. The molecule has 4 heteroatoms. The van der Waals surface area contributed by atoms with Crippen LogP contribution in [0.1, 0.15) is 37.3 Å². The summed E-state index contributed by atoms with van der Waals surface area (Å²) in [4.78, 5) is 0. The van der Waals surface area contributed by atoms with Crippen molar-refractivity contribution in [3.63, 3.8) is 0 Å². The molecule has 0 spiro atoms. The summed E-state index contributed by atoms with van der Waals surface area (Å²) in [5, 5.41) is 3.51. The van der Waals surface area contributed by atoms with Gasteiger partial charge >= 0.3 is 0 Å². The maximum absolute atomic E-state index is 6.02. The number of benzene rings is 1. The van der Waals surface area contributed by atoms with Crippen molar-refractivity contribution < 1.29 is 14.2 Å². The SMILES string of the molecule is COc1cc(C2CCCN2)ccc1OC1CCCOC1. The summed E-state index contributed by atoms with van der Waals surface area (Å²) >= 11 is 0. The molecule has 2 aliphatic rings. The van der Waals surface area contributed by atoms with Crippen LogP contribution in [-0.2, 0) is 4.74 Å². The van der Waals surface area contributed by atoms with Gasteiger partial charge in [0.15, 0.2) is 11.5 Å². The predicted molar refractivity (Wildman–Crippen MR) is 77.4 cm³/mol. The number of ether oxygens (including phenoxy) is 3. The molecule has 1 aromatic rings. The van der Waals surface area contributed by atoms with E-state index in [-0.39, 0.29) is 6.10 Å². The van der Waals surface area contributed by atoms with Crippen LogP contribution in [0.15, 0.2) is 18.2 Å². The van der Waals surface area contributed by atoms with Crippen molar-refractivity contribution >= 4 is 0 Å². The van der Waals surface area contributed by atoms with Crippen LogP contribution < -0.4 is 14.8 Å². The minimum Gasteiger partial charge on any atom is -0.493 e. The molecule has 0 saturated carbocycles. The molecule has 2 aliphatic heterocycles. The number of rotatable bonds is 4. The fourth-order valence-electron chi connectivity index (χ4n) is 2.95. The van der Waals surface area contributed by atoms with Crippen LogP contribution in [0.25, 0.3) is 0 Å². The molecule has 2 unspecified atom stereocenters. The lowest BCUT2D eigenvalue weighted by Crippen LogP contribution is -2.28. The number of nitrogens with one attached hydrogen (secondary N) is 1. The highest BCUT2D eigenvalue weighted by molar-refractivity contribution is 5.44. The quantitative estimate of drug-likeness (QED) is 0.918. The molecule has 2 atom stereocenters. The fraction of sp³-hybridized carbons (Fsp3) is 0.625. The Hall–Kier alpha value is -1.26. The highest BCUT2D eigenvalue weighted by atomic mass is 16.5. The van der Waals surface area contributed by atoms with Gasteiger partial charge in [-0.1, -0.05) is 6.07 Å². The second-order valence-corrected chi connectivity index (χ2v) is 5.52. The van der Waals surface area contributed by atoms with E-state index in [1.165, 1.54) is 18.4 Å². The Balaban J connectivity index is 1.73. The molecule has 0 bridgehead atoms. The van der Waals surface area contributed by atoms with Crippen LogP contribution in [0.4, 0.5) is 0 Å². The van der Waals surface area contributed by atoms with E-state index < -0.39 is 0 Å². The summed E-state index contributed by atoms with van der Waals surface area (Å²) in [7, 11) is 1.70. The van der Waals surface area contributed by atoms with E-state index in [9.17, 15) is 0 Å². The third-order valence-electron chi connectivity index (χ3n) is 4.06. The normalized spacial score (nSPS) is 26.4. The number of hydrogen-bond acceptors (Lipinski definition) is 4. The molecule has 0 aromatic heterocycles. The van der Waals surface area contributed by atoms with Gasteiger partial charge in [0.25, 0.3) is 0 Å². The molecule has 0 radical (unpaired) electrons. The van der Waals surface area contributed by atoms with Crippen LogP contribution >= 0.6 is 0 Å². The molecular formula is C16H23NO3. The van der Waals surface area contributed by atoms with Gasteiger partial charge in [-0.25, -0.2) is 0 Å².